The lowest BCUT2D eigenvalue weighted by Gasteiger charge is -2.48. The minimum Gasteiger partial charge on any atom is -0.433 e. The van der Waals surface area contributed by atoms with Crippen LogP contribution >= 0.6 is 0 Å². The first-order valence-corrected chi connectivity index (χ1v) is 12.3. The van der Waals surface area contributed by atoms with Gasteiger partial charge < -0.3 is 25.2 Å². The molecule has 35 heavy (non-hydrogen) atoms. The third-order valence-electron chi connectivity index (χ3n) is 6.07. The molecule has 0 amide bonds. The summed E-state index contributed by atoms with van der Waals surface area (Å²) in [6.07, 6.45) is 5.70. The number of allylic oxidation sites excluding steroid dienone is 4. The number of halogens is 2. The maximum Gasteiger partial charge on any atom is 0.394 e. The molecule has 0 bridgehead atoms. The lowest BCUT2D eigenvalue weighted by atomic mass is 9.83. The van der Waals surface area contributed by atoms with Crippen LogP contribution in [0.2, 0.25) is 0 Å². The van der Waals surface area contributed by atoms with E-state index in [2.05, 4.69) is 43.5 Å². The predicted octanol–water partition coefficient (Wildman–Crippen LogP) is 6.25. The van der Waals surface area contributed by atoms with Crippen molar-refractivity contribution in [2.75, 3.05) is 25.0 Å². The zero-order chi connectivity index (χ0) is 26.2. The summed E-state index contributed by atoms with van der Waals surface area (Å²) in [7, 11) is 0. The van der Waals surface area contributed by atoms with E-state index >= 15 is 0 Å². The second-order valence-corrected chi connectivity index (χ2v) is 9.12. The Labute approximate surface area is 208 Å². The van der Waals surface area contributed by atoms with Gasteiger partial charge in [-0.05, 0) is 68.0 Å². The standard InChI is InChI=1S/C28H40F2N2O3/c1-7-11-24(21(9-3)10-4)26(25(12-8-2)32-17-28(34,18-32)19-33)20(5)31-22-13-15-23(16-14-22)35-27(6,29)30/h8,11-16,21,31,33-34H,5,7,9-10,17-19H2,1-4,6H3/b12-8-,24-11+,26-25-. The molecule has 0 spiro atoms. The van der Waals surface area contributed by atoms with Crippen LogP contribution in [0.15, 0.2) is 71.6 Å². The minimum atomic E-state index is -3.25. The van der Waals surface area contributed by atoms with E-state index in [1.165, 1.54) is 17.7 Å². The summed E-state index contributed by atoms with van der Waals surface area (Å²) in [5, 5.41) is 23.4. The first-order valence-electron chi connectivity index (χ1n) is 12.3. The van der Waals surface area contributed by atoms with Gasteiger partial charge in [0.25, 0.3) is 0 Å². The van der Waals surface area contributed by atoms with E-state index in [1.54, 1.807) is 12.1 Å². The van der Waals surface area contributed by atoms with Crippen molar-refractivity contribution in [1.29, 1.82) is 0 Å². The number of nitrogens with zero attached hydrogens (tertiary/aromatic N) is 1. The highest BCUT2D eigenvalue weighted by atomic mass is 19.3. The van der Waals surface area contributed by atoms with Crippen molar-refractivity contribution in [2.24, 2.45) is 5.92 Å². The molecule has 1 aliphatic heterocycles. The number of nitrogens with one attached hydrogen (secondary N) is 1. The lowest BCUT2D eigenvalue weighted by molar-refractivity contribution is -0.158. The molecular formula is C28H40F2N2O3. The summed E-state index contributed by atoms with van der Waals surface area (Å²) in [5.41, 5.74) is 3.27. The lowest BCUT2D eigenvalue weighted by Crippen LogP contribution is -2.63. The topological polar surface area (TPSA) is 65.0 Å². The summed E-state index contributed by atoms with van der Waals surface area (Å²) < 4.78 is 31.0. The summed E-state index contributed by atoms with van der Waals surface area (Å²) in [4.78, 5) is 2.05. The first kappa shape index (κ1) is 28.6. The highest BCUT2D eigenvalue weighted by Gasteiger charge is 2.42. The van der Waals surface area contributed by atoms with Crippen molar-refractivity contribution in [3.8, 4) is 5.75 Å². The molecule has 0 atom stereocenters. The number of benzene rings is 1. The van der Waals surface area contributed by atoms with Gasteiger partial charge in [-0.3, -0.25) is 0 Å². The average Bonchev–Trinajstić information content (AvgIpc) is 2.77. The fraction of sp³-hybridized carbons (Fsp3) is 0.500. The molecule has 1 saturated heterocycles. The number of likely N-dealkylation sites (tertiary alicyclic amines) is 1. The summed E-state index contributed by atoms with van der Waals surface area (Å²) in [5.74, 6) is 0.385. The Bertz CT molecular complexity index is 936. The Morgan fingerprint density at radius 1 is 1.23 bits per heavy atom. The van der Waals surface area contributed by atoms with Crippen LogP contribution in [0, 0.1) is 5.92 Å². The number of aliphatic hydroxyl groups excluding tert-OH is 1. The monoisotopic (exact) mass is 490 g/mol. The van der Waals surface area contributed by atoms with Gasteiger partial charge in [0.05, 0.1) is 19.7 Å². The highest BCUT2D eigenvalue weighted by Crippen LogP contribution is 2.37. The van der Waals surface area contributed by atoms with Gasteiger partial charge in [0, 0.05) is 29.6 Å². The molecule has 194 valence electrons. The van der Waals surface area contributed by atoms with Gasteiger partial charge in [-0.15, -0.1) is 0 Å². The summed E-state index contributed by atoms with van der Waals surface area (Å²) in [6, 6.07) is 6.33. The smallest absolute Gasteiger partial charge is 0.394 e. The molecule has 5 nitrogen and oxygen atoms in total. The van der Waals surface area contributed by atoms with Gasteiger partial charge in [-0.25, -0.2) is 0 Å². The van der Waals surface area contributed by atoms with E-state index in [-0.39, 0.29) is 12.4 Å². The fourth-order valence-corrected chi connectivity index (χ4v) is 4.39. The summed E-state index contributed by atoms with van der Waals surface area (Å²) in [6.45, 7) is 13.8. The zero-order valence-corrected chi connectivity index (χ0v) is 21.6. The molecule has 1 aromatic carbocycles. The number of ether oxygens (including phenoxy) is 1. The Hall–Kier alpha value is -2.64. The number of anilines is 1. The largest absolute Gasteiger partial charge is 0.433 e. The van der Waals surface area contributed by atoms with Crippen molar-refractivity contribution in [3.05, 3.63) is 71.6 Å². The molecule has 1 heterocycles. The van der Waals surface area contributed by atoms with Crippen LogP contribution in [0.25, 0.3) is 0 Å². The van der Waals surface area contributed by atoms with Crippen molar-refractivity contribution in [1.82, 2.24) is 4.90 Å². The van der Waals surface area contributed by atoms with Gasteiger partial charge in [-0.1, -0.05) is 39.5 Å². The Kier molecular flexibility index (Phi) is 10.1. The van der Waals surface area contributed by atoms with E-state index in [0.29, 0.717) is 37.3 Å². The normalized spacial score (nSPS) is 16.9. The molecule has 0 radical (unpaired) electrons. The SMILES string of the molecule is C=C(Nc1ccc(OC(C)(F)F)cc1)C(/C(=C/CC)C(CC)CC)=C(\C=C/C)N1CC(O)(CO)C1. The Morgan fingerprint density at radius 2 is 1.83 bits per heavy atom. The quantitative estimate of drug-likeness (QED) is 0.286. The van der Waals surface area contributed by atoms with Crippen LogP contribution in [0.4, 0.5) is 14.5 Å². The molecule has 7 heteroatoms. The molecule has 1 aromatic rings. The molecule has 0 aliphatic carbocycles. The fourth-order valence-electron chi connectivity index (χ4n) is 4.39. The molecule has 0 saturated carbocycles. The van der Waals surface area contributed by atoms with Gasteiger partial charge in [-0.2, -0.15) is 8.78 Å². The second kappa shape index (κ2) is 12.4. The number of hydrogen-bond donors (Lipinski definition) is 3. The van der Waals surface area contributed by atoms with Crippen molar-refractivity contribution in [3.63, 3.8) is 0 Å². The molecule has 0 unspecified atom stereocenters. The second-order valence-electron chi connectivity index (χ2n) is 9.12. The van der Waals surface area contributed by atoms with Crippen molar-refractivity contribution < 1.29 is 23.7 Å². The van der Waals surface area contributed by atoms with E-state index in [9.17, 15) is 19.0 Å². The van der Waals surface area contributed by atoms with Crippen LogP contribution in [-0.2, 0) is 0 Å². The average molecular weight is 491 g/mol. The third kappa shape index (κ3) is 7.67. The number of alkyl halides is 2. The van der Waals surface area contributed by atoms with Gasteiger partial charge >= 0.3 is 6.11 Å². The number of hydrogen-bond acceptors (Lipinski definition) is 5. The predicted molar refractivity (Wildman–Crippen MR) is 138 cm³/mol. The van der Waals surface area contributed by atoms with E-state index in [1.807, 2.05) is 24.0 Å². The summed E-state index contributed by atoms with van der Waals surface area (Å²) >= 11 is 0. The molecule has 2 rings (SSSR count). The molecule has 0 aromatic heterocycles. The number of rotatable bonds is 13. The maximum absolute atomic E-state index is 13.2. The van der Waals surface area contributed by atoms with Crippen LogP contribution in [0.1, 0.15) is 53.9 Å². The molecular weight excluding hydrogens is 450 g/mol. The maximum atomic E-state index is 13.2. The van der Waals surface area contributed by atoms with Gasteiger partial charge in [0.15, 0.2) is 0 Å². The van der Waals surface area contributed by atoms with Crippen LogP contribution < -0.4 is 10.1 Å². The molecule has 3 N–H and O–H groups in total. The highest BCUT2D eigenvalue weighted by molar-refractivity contribution is 5.61. The molecule has 1 aliphatic rings. The third-order valence-corrected chi connectivity index (χ3v) is 6.07. The van der Waals surface area contributed by atoms with E-state index in [0.717, 1.165) is 30.5 Å². The van der Waals surface area contributed by atoms with E-state index < -0.39 is 11.7 Å². The van der Waals surface area contributed by atoms with Crippen molar-refractivity contribution in [2.45, 2.75) is 65.6 Å². The number of β-amino-alcohol motifs (C(OH)–C–C–N with tert-alkyl or cyclic N) is 1. The zero-order valence-electron chi connectivity index (χ0n) is 21.6. The Morgan fingerprint density at radius 3 is 2.29 bits per heavy atom. The van der Waals surface area contributed by atoms with Crippen LogP contribution in [0.5, 0.6) is 5.75 Å². The van der Waals surface area contributed by atoms with Crippen molar-refractivity contribution >= 4 is 5.69 Å². The molecule has 1 fully saturated rings. The van der Waals surface area contributed by atoms with Gasteiger partial charge in [0.2, 0.25) is 0 Å². The van der Waals surface area contributed by atoms with Gasteiger partial charge in [0.1, 0.15) is 11.4 Å². The van der Waals surface area contributed by atoms with Crippen LogP contribution in [0.3, 0.4) is 0 Å². The first-order chi connectivity index (χ1) is 16.5. The Balaban J connectivity index is 2.51. The number of aliphatic hydroxyl groups is 2. The van der Waals surface area contributed by atoms with Crippen LogP contribution in [-0.4, -0.2) is 46.5 Å². The van der Waals surface area contributed by atoms with E-state index in [4.69, 9.17) is 0 Å². The minimum absolute atomic E-state index is 0.0755.